The maximum atomic E-state index is 12.1. The van der Waals surface area contributed by atoms with E-state index in [1.165, 1.54) is 6.08 Å². The molecule has 0 spiro atoms. The molecule has 0 bridgehead atoms. The Hall–Kier alpha value is -2.79. The maximum absolute atomic E-state index is 12.1. The van der Waals surface area contributed by atoms with E-state index in [1.54, 1.807) is 38.5 Å². The molecule has 1 heterocycles. The number of aliphatic hydroxyl groups is 1. The van der Waals surface area contributed by atoms with E-state index < -0.39 is 6.10 Å². The summed E-state index contributed by atoms with van der Waals surface area (Å²) >= 11 is 0. The molecule has 0 saturated carbocycles. The van der Waals surface area contributed by atoms with E-state index >= 15 is 0 Å². The highest BCUT2D eigenvalue weighted by Gasteiger charge is 2.25. The maximum Gasteiger partial charge on any atom is 0.163 e. The molecule has 0 fully saturated rings. The molecule has 0 unspecified atom stereocenters. The van der Waals surface area contributed by atoms with E-state index in [4.69, 9.17) is 14.2 Å². The van der Waals surface area contributed by atoms with E-state index in [0.717, 1.165) is 22.6 Å². The van der Waals surface area contributed by atoms with Crippen LogP contribution in [0.25, 0.3) is 0 Å². The lowest BCUT2D eigenvalue weighted by Gasteiger charge is -2.26. The number of aliphatic hydroxyl groups excluding tert-OH is 1. The molecule has 0 aromatic heterocycles. The highest BCUT2D eigenvalue weighted by Crippen LogP contribution is 2.33. The topological polar surface area (TPSA) is 65.0 Å². The Kier molecular flexibility index (Phi) is 5.58. The van der Waals surface area contributed by atoms with Crippen LogP contribution in [0.15, 0.2) is 60.4 Å². The Morgan fingerprint density at radius 1 is 1.04 bits per heavy atom. The zero-order chi connectivity index (χ0) is 18.5. The van der Waals surface area contributed by atoms with Gasteiger partial charge in [0.15, 0.2) is 5.78 Å². The van der Waals surface area contributed by atoms with Crippen molar-refractivity contribution in [1.29, 1.82) is 0 Å². The van der Waals surface area contributed by atoms with Crippen LogP contribution in [0, 0.1) is 0 Å². The Bertz CT molecular complexity index is 777. The predicted molar refractivity (Wildman–Crippen MR) is 97.1 cm³/mol. The summed E-state index contributed by atoms with van der Waals surface area (Å²) in [5.41, 5.74) is 1.65. The van der Waals surface area contributed by atoms with Gasteiger partial charge in [0.25, 0.3) is 0 Å². The Labute approximate surface area is 152 Å². The molecule has 2 aromatic rings. The highest BCUT2D eigenvalue weighted by atomic mass is 16.5. The lowest BCUT2D eigenvalue weighted by Crippen LogP contribution is -2.17. The average Bonchev–Trinajstić information content (AvgIpc) is 2.67. The Morgan fingerprint density at radius 2 is 1.62 bits per heavy atom. The average molecular weight is 354 g/mol. The van der Waals surface area contributed by atoms with Crippen LogP contribution >= 0.6 is 0 Å². The van der Waals surface area contributed by atoms with Gasteiger partial charge < -0.3 is 19.3 Å². The van der Waals surface area contributed by atoms with Crippen LogP contribution in [0.1, 0.15) is 36.2 Å². The number of allylic oxidation sites excluding steroid dienone is 1. The molecule has 5 heteroatoms. The first-order chi connectivity index (χ1) is 12.6. The lowest BCUT2D eigenvalue weighted by molar-refractivity contribution is -0.118. The first-order valence-corrected chi connectivity index (χ1v) is 8.45. The van der Waals surface area contributed by atoms with Crippen LogP contribution in [0.2, 0.25) is 0 Å². The Balaban J connectivity index is 1.69. The summed E-state index contributed by atoms with van der Waals surface area (Å²) in [6.07, 6.45) is 0.900. The van der Waals surface area contributed by atoms with Gasteiger partial charge in [-0.05, 0) is 35.4 Å². The zero-order valence-corrected chi connectivity index (χ0v) is 14.8. The summed E-state index contributed by atoms with van der Waals surface area (Å²) in [5.74, 6) is 1.96. The van der Waals surface area contributed by atoms with Crippen molar-refractivity contribution in [2.45, 2.75) is 25.0 Å². The van der Waals surface area contributed by atoms with Crippen LogP contribution < -0.4 is 9.47 Å². The van der Waals surface area contributed by atoms with E-state index in [0.29, 0.717) is 5.76 Å². The molecule has 0 saturated heterocycles. The minimum atomic E-state index is -0.755. The normalized spacial score (nSPS) is 17.9. The summed E-state index contributed by atoms with van der Waals surface area (Å²) < 4.78 is 16.2. The number of benzene rings is 2. The van der Waals surface area contributed by atoms with Gasteiger partial charge in [0, 0.05) is 12.5 Å². The molecule has 136 valence electrons. The van der Waals surface area contributed by atoms with Crippen LogP contribution in [0.4, 0.5) is 0 Å². The molecule has 2 atom stereocenters. The largest absolute Gasteiger partial charge is 0.497 e. The monoisotopic (exact) mass is 354 g/mol. The molecule has 3 rings (SSSR count). The van der Waals surface area contributed by atoms with E-state index in [2.05, 4.69) is 0 Å². The van der Waals surface area contributed by atoms with Crippen molar-refractivity contribution in [1.82, 2.24) is 0 Å². The second kappa shape index (κ2) is 8.06. The quantitative estimate of drug-likeness (QED) is 0.856. The van der Waals surface area contributed by atoms with Crippen molar-refractivity contribution in [2.24, 2.45) is 0 Å². The Morgan fingerprint density at radius 3 is 2.19 bits per heavy atom. The molecular formula is C21H22O5. The third-order valence-corrected chi connectivity index (χ3v) is 4.38. The molecule has 1 aliphatic rings. The summed E-state index contributed by atoms with van der Waals surface area (Å²) in [6, 6.07) is 14.6. The first-order valence-electron chi connectivity index (χ1n) is 8.45. The number of ketones is 1. The van der Waals surface area contributed by atoms with Crippen LogP contribution in [0.3, 0.4) is 0 Å². The van der Waals surface area contributed by atoms with Crippen molar-refractivity contribution in [2.75, 3.05) is 14.2 Å². The number of rotatable bonds is 6. The number of methoxy groups -OCH3 is 2. The minimum absolute atomic E-state index is 0.00556. The smallest absolute Gasteiger partial charge is 0.163 e. The SMILES string of the molecule is COc1ccc([C@H](O)CC2=CC(=O)C[C@H](c3ccc(OC)cc3)O2)cc1. The highest BCUT2D eigenvalue weighted by molar-refractivity contribution is 5.91. The van der Waals surface area contributed by atoms with Crippen molar-refractivity contribution in [3.8, 4) is 11.5 Å². The van der Waals surface area contributed by atoms with Gasteiger partial charge in [-0.25, -0.2) is 0 Å². The lowest BCUT2D eigenvalue weighted by atomic mass is 9.99. The van der Waals surface area contributed by atoms with Crippen molar-refractivity contribution in [3.05, 3.63) is 71.5 Å². The fourth-order valence-electron chi connectivity index (χ4n) is 2.93. The van der Waals surface area contributed by atoms with E-state index in [1.807, 2.05) is 24.3 Å². The molecule has 26 heavy (non-hydrogen) atoms. The summed E-state index contributed by atoms with van der Waals surface area (Å²) in [7, 11) is 3.20. The molecule has 1 N–H and O–H groups in total. The van der Waals surface area contributed by atoms with Crippen molar-refractivity contribution < 1.29 is 24.1 Å². The second-order valence-corrected chi connectivity index (χ2v) is 6.15. The molecule has 0 amide bonds. The fourth-order valence-corrected chi connectivity index (χ4v) is 2.93. The summed E-state index contributed by atoms with van der Waals surface area (Å²) in [5, 5.41) is 10.5. The van der Waals surface area contributed by atoms with Gasteiger partial charge in [0.2, 0.25) is 0 Å². The number of carbonyl (C=O) groups excluding carboxylic acids is 1. The van der Waals surface area contributed by atoms with Crippen LogP contribution in [0.5, 0.6) is 11.5 Å². The van der Waals surface area contributed by atoms with Crippen molar-refractivity contribution >= 4 is 5.78 Å². The second-order valence-electron chi connectivity index (χ2n) is 6.15. The number of hydrogen-bond donors (Lipinski definition) is 1. The summed E-state index contributed by atoms with van der Waals surface area (Å²) in [6.45, 7) is 0. The third-order valence-electron chi connectivity index (χ3n) is 4.38. The minimum Gasteiger partial charge on any atom is -0.497 e. The zero-order valence-electron chi connectivity index (χ0n) is 14.8. The summed E-state index contributed by atoms with van der Waals surface area (Å²) in [4.78, 5) is 12.1. The number of hydrogen-bond acceptors (Lipinski definition) is 5. The molecule has 5 nitrogen and oxygen atoms in total. The van der Waals surface area contributed by atoms with Gasteiger partial charge in [-0.3, -0.25) is 4.79 Å². The van der Waals surface area contributed by atoms with Gasteiger partial charge in [-0.2, -0.15) is 0 Å². The van der Waals surface area contributed by atoms with Gasteiger partial charge in [-0.15, -0.1) is 0 Å². The molecule has 0 aliphatic carbocycles. The molecule has 2 aromatic carbocycles. The van der Waals surface area contributed by atoms with Crippen LogP contribution in [-0.4, -0.2) is 25.1 Å². The van der Waals surface area contributed by atoms with Gasteiger partial charge >= 0.3 is 0 Å². The van der Waals surface area contributed by atoms with E-state index in [9.17, 15) is 9.90 Å². The number of ether oxygens (including phenoxy) is 3. The third kappa shape index (κ3) is 4.24. The van der Waals surface area contributed by atoms with Crippen molar-refractivity contribution in [3.63, 3.8) is 0 Å². The van der Waals surface area contributed by atoms with Gasteiger partial charge in [0.1, 0.15) is 23.4 Å². The fraction of sp³-hybridized carbons (Fsp3) is 0.286. The standard InChI is InChI=1S/C21H22O5/c1-24-17-7-3-14(4-8-17)20(23)13-19-11-16(22)12-21(26-19)15-5-9-18(25-2)10-6-15/h3-11,20-21,23H,12-13H2,1-2H3/t20-,21-/m1/s1. The number of carbonyl (C=O) groups is 1. The van der Waals surface area contributed by atoms with Crippen LogP contribution in [-0.2, 0) is 9.53 Å². The molecule has 1 aliphatic heterocycles. The van der Waals surface area contributed by atoms with Gasteiger partial charge in [-0.1, -0.05) is 24.3 Å². The van der Waals surface area contributed by atoms with E-state index in [-0.39, 0.29) is 24.7 Å². The van der Waals surface area contributed by atoms with Gasteiger partial charge in [0.05, 0.1) is 26.7 Å². The first kappa shape index (κ1) is 18.0. The predicted octanol–water partition coefficient (Wildman–Crippen LogP) is 3.74. The molecular weight excluding hydrogens is 332 g/mol. The molecule has 0 radical (unpaired) electrons.